The van der Waals surface area contributed by atoms with E-state index in [2.05, 4.69) is 59.8 Å². The summed E-state index contributed by atoms with van der Waals surface area (Å²) < 4.78 is 1.09. The van der Waals surface area contributed by atoms with Crippen molar-refractivity contribution < 1.29 is 0 Å². The highest BCUT2D eigenvalue weighted by atomic mass is 79.9. The first-order chi connectivity index (χ1) is 7.10. The summed E-state index contributed by atoms with van der Waals surface area (Å²) >= 11 is 3.47. The molecule has 0 saturated heterocycles. The highest BCUT2D eigenvalue weighted by Gasteiger charge is 2.11. The Balaban J connectivity index is 3.11. The van der Waals surface area contributed by atoms with Gasteiger partial charge in [0.15, 0.2) is 0 Å². The van der Waals surface area contributed by atoms with E-state index in [1.807, 2.05) is 0 Å². The molecule has 84 valence electrons. The van der Waals surface area contributed by atoms with E-state index in [4.69, 9.17) is 5.73 Å². The van der Waals surface area contributed by atoms with E-state index in [0.717, 1.165) is 11.0 Å². The van der Waals surface area contributed by atoms with Gasteiger partial charge in [0.25, 0.3) is 0 Å². The van der Waals surface area contributed by atoms with Gasteiger partial charge in [0.05, 0.1) is 0 Å². The zero-order chi connectivity index (χ0) is 11.4. The molecule has 0 bridgehead atoms. The van der Waals surface area contributed by atoms with Crippen LogP contribution in [0.1, 0.15) is 26.3 Å². The van der Waals surface area contributed by atoms with Gasteiger partial charge in [0, 0.05) is 29.3 Å². The van der Waals surface area contributed by atoms with Gasteiger partial charge in [-0.3, -0.25) is 0 Å². The molecule has 1 aromatic rings. The van der Waals surface area contributed by atoms with Gasteiger partial charge < -0.3 is 10.6 Å². The van der Waals surface area contributed by atoms with Crippen molar-refractivity contribution in [3.63, 3.8) is 0 Å². The second-order valence-electron chi connectivity index (χ2n) is 3.86. The van der Waals surface area contributed by atoms with Gasteiger partial charge in [-0.05, 0) is 44.5 Å². The van der Waals surface area contributed by atoms with Crippen LogP contribution in [-0.2, 0) is 6.54 Å². The fourth-order valence-corrected chi connectivity index (χ4v) is 2.22. The second kappa shape index (κ2) is 5.52. The van der Waals surface area contributed by atoms with Crippen LogP contribution >= 0.6 is 15.9 Å². The third-order valence-electron chi connectivity index (χ3n) is 2.53. The lowest BCUT2D eigenvalue weighted by Gasteiger charge is -2.29. The quantitative estimate of drug-likeness (QED) is 0.911. The van der Waals surface area contributed by atoms with Crippen molar-refractivity contribution in [3.05, 3.63) is 28.2 Å². The number of nitrogens with two attached hydrogens (primary N) is 1. The SMILES string of the molecule is CCN(c1ccc(Br)cc1CN)C(C)C. The molecule has 3 heteroatoms. The van der Waals surface area contributed by atoms with Gasteiger partial charge >= 0.3 is 0 Å². The van der Waals surface area contributed by atoms with Crippen LogP contribution in [0, 0.1) is 0 Å². The average Bonchev–Trinajstić information content (AvgIpc) is 2.20. The molecule has 1 aromatic carbocycles. The molecule has 0 aliphatic heterocycles. The molecule has 0 atom stereocenters. The molecule has 0 spiro atoms. The summed E-state index contributed by atoms with van der Waals surface area (Å²) in [4.78, 5) is 2.36. The first-order valence-corrected chi connectivity index (χ1v) is 6.14. The lowest BCUT2D eigenvalue weighted by atomic mass is 10.1. The number of nitrogens with zero attached hydrogens (tertiary/aromatic N) is 1. The standard InChI is InChI=1S/C12H19BrN2/c1-4-15(9(2)3)12-6-5-11(13)7-10(12)8-14/h5-7,9H,4,8,14H2,1-3H3. The summed E-state index contributed by atoms with van der Waals surface area (Å²) in [6.07, 6.45) is 0. The van der Waals surface area contributed by atoms with E-state index < -0.39 is 0 Å². The first kappa shape index (κ1) is 12.5. The molecular formula is C12H19BrN2. The van der Waals surface area contributed by atoms with Crippen molar-refractivity contribution in [3.8, 4) is 0 Å². The fourth-order valence-electron chi connectivity index (χ4n) is 1.81. The first-order valence-electron chi connectivity index (χ1n) is 5.35. The number of anilines is 1. The normalized spacial score (nSPS) is 10.8. The van der Waals surface area contributed by atoms with E-state index in [1.165, 1.54) is 11.3 Å². The Kier molecular flexibility index (Phi) is 4.61. The van der Waals surface area contributed by atoms with E-state index in [1.54, 1.807) is 0 Å². The van der Waals surface area contributed by atoms with E-state index in [0.29, 0.717) is 12.6 Å². The minimum absolute atomic E-state index is 0.501. The van der Waals surface area contributed by atoms with E-state index in [-0.39, 0.29) is 0 Å². The zero-order valence-corrected chi connectivity index (χ0v) is 11.2. The molecule has 0 heterocycles. The average molecular weight is 271 g/mol. The summed E-state index contributed by atoms with van der Waals surface area (Å²) in [6.45, 7) is 8.16. The smallest absolute Gasteiger partial charge is 0.0414 e. The molecule has 2 N–H and O–H groups in total. The number of benzene rings is 1. The van der Waals surface area contributed by atoms with Gasteiger partial charge in [-0.2, -0.15) is 0 Å². The molecule has 0 aromatic heterocycles. The maximum Gasteiger partial charge on any atom is 0.0414 e. The molecule has 0 amide bonds. The molecule has 0 saturated carbocycles. The predicted molar refractivity (Wildman–Crippen MR) is 70.2 cm³/mol. The number of hydrogen-bond donors (Lipinski definition) is 1. The highest BCUT2D eigenvalue weighted by Crippen LogP contribution is 2.25. The Hall–Kier alpha value is -0.540. The Morgan fingerprint density at radius 2 is 2.07 bits per heavy atom. The Morgan fingerprint density at radius 3 is 2.53 bits per heavy atom. The van der Waals surface area contributed by atoms with Crippen LogP contribution in [0.5, 0.6) is 0 Å². The van der Waals surface area contributed by atoms with E-state index in [9.17, 15) is 0 Å². The lowest BCUT2D eigenvalue weighted by Crippen LogP contribution is -2.31. The van der Waals surface area contributed by atoms with Crippen LogP contribution in [0.3, 0.4) is 0 Å². The third-order valence-corrected chi connectivity index (χ3v) is 3.03. The fraction of sp³-hybridized carbons (Fsp3) is 0.500. The maximum absolute atomic E-state index is 5.76. The number of halogens is 1. The maximum atomic E-state index is 5.76. The molecule has 0 aliphatic carbocycles. The Morgan fingerprint density at radius 1 is 1.40 bits per heavy atom. The largest absolute Gasteiger partial charge is 0.369 e. The predicted octanol–water partition coefficient (Wildman–Crippen LogP) is 3.14. The van der Waals surface area contributed by atoms with Gasteiger partial charge in [-0.1, -0.05) is 15.9 Å². The minimum atomic E-state index is 0.501. The summed E-state index contributed by atoms with van der Waals surface area (Å²) in [7, 11) is 0. The highest BCUT2D eigenvalue weighted by molar-refractivity contribution is 9.10. The molecule has 0 aliphatic rings. The van der Waals surface area contributed by atoms with Crippen molar-refractivity contribution in [2.24, 2.45) is 5.73 Å². The number of rotatable bonds is 4. The summed E-state index contributed by atoms with van der Waals surface area (Å²) in [6, 6.07) is 6.80. The molecule has 1 rings (SSSR count). The zero-order valence-electron chi connectivity index (χ0n) is 9.63. The second-order valence-corrected chi connectivity index (χ2v) is 4.77. The minimum Gasteiger partial charge on any atom is -0.369 e. The Bertz CT molecular complexity index is 323. The van der Waals surface area contributed by atoms with Crippen molar-refractivity contribution >= 4 is 21.6 Å². The molecule has 15 heavy (non-hydrogen) atoms. The van der Waals surface area contributed by atoms with Crippen LogP contribution in [0.4, 0.5) is 5.69 Å². The van der Waals surface area contributed by atoms with Crippen LogP contribution in [0.15, 0.2) is 22.7 Å². The molecule has 0 unspecified atom stereocenters. The number of hydrogen-bond acceptors (Lipinski definition) is 2. The summed E-state index contributed by atoms with van der Waals surface area (Å²) in [5.41, 5.74) is 8.21. The van der Waals surface area contributed by atoms with Crippen molar-refractivity contribution in [1.29, 1.82) is 0 Å². The summed E-state index contributed by atoms with van der Waals surface area (Å²) in [5.74, 6) is 0. The van der Waals surface area contributed by atoms with Crippen LogP contribution in [-0.4, -0.2) is 12.6 Å². The van der Waals surface area contributed by atoms with Crippen molar-refractivity contribution in [2.75, 3.05) is 11.4 Å². The third kappa shape index (κ3) is 2.95. The molecule has 0 radical (unpaired) electrons. The Labute approximate surface area is 101 Å². The van der Waals surface area contributed by atoms with Crippen molar-refractivity contribution in [2.45, 2.75) is 33.4 Å². The van der Waals surface area contributed by atoms with Crippen LogP contribution in [0.25, 0.3) is 0 Å². The van der Waals surface area contributed by atoms with Gasteiger partial charge in [-0.25, -0.2) is 0 Å². The van der Waals surface area contributed by atoms with E-state index >= 15 is 0 Å². The molecule has 0 fully saturated rings. The topological polar surface area (TPSA) is 29.3 Å². The van der Waals surface area contributed by atoms with Crippen molar-refractivity contribution in [1.82, 2.24) is 0 Å². The monoisotopic (exact) mass is 270 g/mol. The summed E-state index contributed by atoms with van der Waals surface area (Å²) in [5, 5.41) is 0. The lowest BCUT2D eigenvalue weighted by molar-refractivity contribution is 0.699. The van der Waals surface area contributed by atoms with Gasteiger partial charge in [0.1, 0.15) is 0 Å². The molecule has 2 nitrogen and oxygen atoms in total. The van der Waals surface area contributed by atoms with Crippen LogP contribution < -0.4 is 10.6 Å². The molecular weight excluding hydrogens is 252 g/mol. The van der Waals surface area contributed by atoms with Gasteiger partial charge in [-0.15, -0.1) is 0 Å². The van der Waals surface area contributed by atoms with Crippen LogP contribution in [0.2, 0.25) is 0 Å². The van der Waals surface area contributed by atoms with Gasteiger partial charge in [0.2, 0.25) is 0 Å².